The summed E-state index contributed by atoms with van der Waals surface area (Å²) >= 11 is 0. The molecule has 2 aromatic rings. The molecule has 2 aliphatic heterocycles. The van der Waals surface area contributed by atoms with Crippen LogP contribution in [0.5, 0.6) is 5.75 Å². The molecule has 0 radical (unpaired) electrons. The van der Waals surface area contributed by atoms with E-state index in [-0.39, 0.29) is 5.82 Å². The zero-order chi connectivity index (χ0) is 20.0. The van der Waals surface area contributed by atoms with Crippen molar-refractivity contribution in [3.8, 4) is 5.75 Å². The third-order valence-electron chi connectivity index (χ3n) is 7.64. The lowest BCUT2D eigenvalue weighted by atomic mass is 9.67. The van der Waals surface area contributed by atoms with Crippen molar-refractivity contribution in [2.75, 3.05) is 44.7 Å². The Morgan fingerprint density at radius 2 is 1.97 bits per heavy atom. The molecular formula is C25H31FN2O. The van der Waals surface area contributed by atoms with Gasteiger partial charge in [0, 0.05) is 38.3 Å². The molecule has 1 fully saturated rings. The summed E-state index contributed by atoms with van der Waals surface area (Å²) in [5, 5.41) is 0. The van der Waals surface area contributed by atoms with Crippen LogP contribution in [0.2, 0.25) is 0 Å². The van der Waals surface area contributed by atoms with Crippen LogP contribution in [0.3, 0.4) is 0 Å². The van der Waals surface area contributed by atoms with Gasteiger partial charge < -0.3 is 14.5 Å². The van der Waals surface area contributed by atoms with Crippen molar-refractivity contribution in [1.82, 2.24) is 4.90 Å². The average Bonchev–Trinajstić information content (AvgIpc) is 2.99. The first kappa shape index (κ1) is 18.9. The second-order valence-corrected chi connectivity index (χ2v) is 9.29. The van der Waals surface area contributed by atoms with Crippen LogP contribution in [0.25, 0.3) is 0 Å². The summed E-state index contributed by atoms with van der Waals surface area (Å²) < 4.78 is 18.8. The maximum absolute atomic E-state index is 13.0. The number of rotatable bonds is 5. The van der Waals surface area contributed by atoms with Crippen LogP contribution in [0.4, 0.5) is 10.1 Å². The molecule has 2 heterocycles. The number of fused-ring (bicyclic) bond motifs is 3. The number of hydrogen-bond acceptors (Lipinski definition) is 3. The van der Waals surface area contributed by atoms with E-state index in [1.165, 1.54) is 43.8 Å². The third kappa shape index (κ3) is 3.22. The number of benzene rings is 2. The van der Waals surface area contributed by atoms with E-state index in [0.29, 0.717) is 17.9 Å². The largest absolute Gasteiger partial charge is 0.494 e. The van der Waals surface area contributed by atoms with Crippen molar-refractivity contribution >= 4 is 5.69 Å². The first-order valence-corrected chi connectivity index (χ1v) is 11.0. The molecule has 1 unspecified atom stereocenters. The Bertz CT molecular complexity index is 883. The molecule has 154 valence electrons. The van der Waals surface area contributed by atoms with Gasteiger partial charge in [-0.15, -0.1) is 0 Å². The van der Waals surface area contributed by atoms with Crippen molar-refractivity contribution in [2.45, 2.75) is 37.5 Å². The van der Waals surface area contributed by atoms with Crippen LogP contribution in [0.1, 0.15) is 43.2 Å². The number of halogens is 1. The van der Waals surface area contributed by atoms with Crippen LogP contribution >= 0.6 is 0 Å². The lowest BCUT2D eigenvalue weighted by Crippen LogP contribution is -2.45. The standard InChI is InChI=1S/C25H31FN2O/c1-25-12-15-27(2)23-6-3-5-20(24(23)25)21-17-28(14-11-22(21)25)13-4-16-29-19-9-7-18(26)8-10-19/h3,5-10,21-22H,4,11-17H2,1-2H3/t21-,22-,25?/m0/s1. The molecule has 0 aromatic heterocycles. The second-order valence-electron chi connectivity index (χ2n) is 9.29. The van der Waals surface area contributed by atoms with Gasteiger partial charge in [0.15, 0.2) is 0 Å². The molecule has 2 aromatic carbocycles. The first-order valence-electron chi connectivity index (χ1n) is 11.0. The fourth-order valence-corrected chi connectivity index (χ4v) is 6.13. The molecule has 0 N–H and O–H groups in total. The van der Waals surface area contributed by atoms with Gasteiger partial charge in [0.2, 0.25) is 0 Å². The fraction of sp³-hybridized carbons (Fsp3) is 0.520. The van der Waals surface area contributed by atoms with Crippen molar-refractivity contribution in [3.05, 3.63) is 59.4 Å². The Kier molecular flexibility index (Phi) is 4.78. The molecule has 4 heteroatoms. The summed E-state index contributed by atoms with van der Waals surface area (Å²) in [5.41, 5.74) is 5.06. The Hall–Kier alpha value is -2.07. The van der Waals surface area contributed by atoms with Gasteiger partial charge in [-0.2, -0.15) is 0 Å². The van der Waals surface area contributed by atoms with E-state index in [0.717, 1.165) is 31.2 Å². The van der Waals surface area contributed by atoms with Gasteiger partial charge in [0.1, 0.15) is 11.6 Å². The van der Waals surface area contributed by atoms with E-state index in [1.54, 1.807) is 23.3 Å². The summed E-state index contributed by atoms with van der Waals surface area (Å²) in [7, 11) is 2.24. The van der Waals surface area contributed by atoms with Crippen molar-refractivity contribution in [1.29, 1.82) is 0 Å². The lowest BCUT2D eigenvalue weighted by Gasteiger charge is -2.45. The highest BCUT2D eigenvalue weighted by molar-refractivity contribution is 5.65. The highest BCUT2D eigenvalue weighted by atomic mass is 19.1. The topological polar surface area (TPSA) is 15.7 Å². The quantitative estimate of drug-likeness (QED) is 0.677. The maximum Gasteiger partial charge on any atom is 0.123 e. The van der Waals surface area contributed by atoms with E-state index in [2.05, 4.69) is 42.0 Å². The summed E-state index contributed by atoms with van der Waals surface area (Å²) in [6, 6.07) is 13.3. The SMILES string of the molecule is CN1CCC2(C)c3c(cccc31)[C@@H]1CN(CCCOc3ccc(F)cc3)CC[C@@H]12. The Morgan fingerprint density at radius 1 is 1.14 bits per heavy atom. The van der Waals surface area contributed by atoms with E-state index >= 15 is 0 Å². The smallest absolute Gasteiger partial charge is 0.123 e. The van der Waals surface area contributed by atoms with Crippen LogP contribution in [-0.4, -0.2) is 44.7 Å². The molecule has 0 amide bonds. The summed E-state index contributed by atoms with van der Waals surface area (Å²) in [5.74, 6) is 1.97. The molecule has 1 saturated heterocycles. The van der Waals surface area contributed by atoms with Gasteiger partial charge in [0.05, 0.1) is 6.61 Å². The van der Waals surface area contributed by atoms with Gasteiger partial charge in [0.25, 0.3) is 0 Å². The van der Waals surface area contributed by atoms with Crippen LogP contribution in [-0.2, 0) is 5.41 Å². The third-order valence-corrected chi connectivity index (χ3v) is 7.64. The maximum atomic E-state index is 13.0. The molecule has 3 aliphatic rings. The monoisotopic (exact) mass is 394 g/mol. The molecule has 3 nitrogen and oxygen atoms in total. The molecule has 0 spiro atoms. The van der Waals surface area contributed by atoms with Gasteiger partial charge in [-0.05, 0) is 78.6 Å². The predicted octanol–water partition coefficient (Wildman–Crippen LogP) is 4.81. The summed E-state index contributed by atoms with van der Waals surface area (Å²) in [6.45, 7) is 7.79. The van der Waals surface area contributed by atoms with Gasteiger partial charge >= 0.3 is 0 Å². The minimum atomic E-state index is -0.220. The van der Waals surface area contributed by atoms with Crippen molar-refractivity contribution < 1.29 is 9.13 Å². The van der Waals surface area contributed by atoms with Crippen molar-refractivity contribution in [3.63, 3.8) is 0 Å². The average molecular weight is 395 g/mol. The first-order chi connectivity index (χ1) is 14.1. The molecule has 3 atom stereocenters. The summed E-state index contributed by atoms with van der Waals surface area (Å²) in [6.07, 6.45) is 3.57. The van der Waals surface area contributed by atoms with Crippen LogP contribution in [0.15, 0.2) is 42.5 Å². The van der Waals surface area contributed by atoms with E-state index < -0.39 is 0 Å². The normalized spacial score (nSPS) is 28.2. The molecule has 1 aliphatic carbocycles. The molecular weight excluding hydrogens is 363 g/mol. The number of nitrogens with zero attached hydrogens (tertiary/aromatic N) is 2. The predicted molar refractivity (Wildman–Crippen MR) is 115 cm³/mol. The minimum absolute atomic E-state index is 0.220. The van der Waals surface area contributed by atoms with Gasteiger partial charge in [-0.1, -0.05) is 19.1 Å². The Balaban J connectivity index is 1.23. The summed E-state index contributed by atoms with van der Waals surface area (Å²) in [4.78, 5) is 5.07. The molecule has 0 saturated carbocycles. The van der Waals surface area contributed by atoms with Crippen LogP contribution < -0.4 is 9.64 Å². The Labute approximate surface area is 173 Å². The van der Waals surface area contributed by atoms with E-state index in [4.69, 9.17) is 4.74 Å². The Morgan fingerprint density at radius 3 is 2.79 bits per heavy atom. The molecule has 29 heavy (non-hydrogen) atoms. The van der Waals surface area contributed by atoms with E-state index in [9.17, 15) is 4.39 Å². The number of anilines is 1. The van der Waals surface area contributed by atoms with Gasteiger partial charge in [-0.3, -0.25) is 0 Å². The molecule has 5 rings (SSSR count). The fourth-order valence-electron chi connectivity index (χ4n) is 6.13. The number of ether oxygens (including phenoxy) is 1. The zero-order valence-corrected chi connectivity index (χ0v) is 17.5. The lowest BCUT2D eigenvalue weighted by molar-refractivity contribution is 0.116. The van der Waals surface area contributed by atoms with Crippen molar-refractivity contribution in [2.24, 2.45) is 5.92 Å². The highest BCUT2D eigenvalue weighted by Crippen LogP contribution is 2.59. The van der Waals surface area contributed by atoms with Gasteiger partial charge in [-0.25, -0.2) is 4.39 Å². The number of piperidine rings is 1. The second kappa shape index (κ2) is 7.32. The highest BCUT2D eigenvalue weighted by Gasteiger charge is 2.53. The zero-order valence-electron chi connectivity index (χ0n) is 17.5. The number of hydrogen-bond donors (Lipinski definition) is 0. The minimum Gasteiger partial charge on any atom is -0.494 e. The van der Waals surface area contributed by atoms with Crippen LogP contribution in [0, 0.1) is 11.7 Å². The van der Waals surface area contributed by atoms with E-state index in [1.807, 2.05) is 0 Å². The molecule has 0 bridgehead atoms. The number of likely N-dealkylation sites (tertiary alicyclic amines) is 1.